The van der Waals surface area contributed by atoms with Crippen molar-refractivity contribution in [3.63, 3.8) is 0 Å². The first-order chi connectivity index (χ1) is 10.3. The minimum atomic E-state index is -0.207. The molecule has 0 heterocycles. The SMILES string of the molecule is CC(C)=CCCC/C(C)=C/CC1=C(N)C(=O)C(C)=C(C)C1=O. The first-order valence-corrected chi connectivity index (χ1v) is 7.80. The van der Waals surface area contributed by atoms with Gasteiger partial charge >= 0.3 is 0 Å². The van der Waals surface area contributed by atoms with Crippen molar-refractivity contribution < 1.29 is 9.59 Å². The monoisotopic (exact) mass is 301 g/mol. The Morgan fingerprint density at radius 2 is 1.59 bits per heavy atom. The molecule has 1 aliphatic rings. The maximum absolute atomic E-state index is 12.3. The van der Waals surface area contributed by atoms with E-state index in [9.17, 15) is 9.59 Å². The van der Waals surface area contributed by atoms with Crippen molar-refractivity contribution in [2.24, 2.45) is 5.73 Å². The third kappa shape index (κ3) is 4.55. The molecule has 120 valence electrons. The fourth-order valence-electron chi connectivity index (χ4n) is 2.38. The van der Waals surface area contributed by atoms with Gasteiger partial charge in [0.15, 0.2) is 5.78 Å². The largest absolute Gasteiger partial charge is 0.395 e. The molecule has 0 atom stereocenters. The van der Waals surface area contributed by atoms with Gasteiger partial charge in [0.1, 0.15) is 0 Å². The van der Waals surface area contributed by atoms with E-state index in [4.69, 9.17) is 5.73 Å². The second-order valence-electron chi connectivity index (χ2n) is 6.23. The topological polar surface area (TPSA) is 60.2 Å². The quantitative estimate of drug-likeness (QED) is 0.455. The van der Waals surface area contributed by atoms with Crippen LogP contribution in [0.25, 0.3) is 0 Å². The Labute approximate surface area is 133 Å². The highest BCUT2D eigenvalue weighted by molar-refractivity contribution is 6.24. The highest BCUT2D eigenvalue weighted by Crippen LogP contribution is 2.24. The zero-order valence-electron chi connectivity index (χ0n) is 14.4. The van der Waals surface area contributed by atoms with E-state index in [1.165, 1.54) is 11.1 Å². The smallest absolute Gasteiger partial charge is 0.205 e. The molecule has 0 bridgehead atoms. The van der Waals surface area contributed by atoms with Crippen LogP contribution in [0.2, 0.25) is 0 Å². The lowest BCUT2D eigenvalue weighted by Crippen LogP contribution is -2.26. The number of unbranched alkanes of at least 4 members (excludes halogenated alkanes) is 1. The van der Waals surface area contributed by atoms with Crippen molar-refractivity contribution in [3.8, 4) is 0 Å². The van der Waals surface area contributed by atoms with E-state index in [0.717, 1.165) is 19.3 Å². The maximum atomic E-state index is 12.3. The van der Waals surface area contributed by atoms with Gasteiger partial charge in [-0.2, -0.15) is 0 Å². The average molecular weight is 301 g/mol. The Morgan fingerprint density at radius 1 is 1.00 bits per heavy atom. The fraction of sp³-hybridized carbons (Fsp3) is 0.474. The summed E-state index contributed by atoms with van der Waals surface area (Å²) in [5.74, 6) is -0.301. The van der Waals surface area contributed by atoms with Gasteiger partial charge in [0, 0.05) is 16.7 Å². The van der Waals surface area contributed by atoms with E-state index in [2.05, 4.69) is 26.8 Å². The van der Waals surface area contributed by atoms with Crippen LogP contribution in [-0.2, 0) is 9.59 Å². The molecule has 0 aliphatic heterocycles. The first-order valence-electron chi connectivity index (χ1n) is 7.80. The maximum Gasteiger partial charge on any atom is 0.205 e. The number of hydrogen-bond acceptors (Lipinski definition) is 3. The second-order valence-corrected chi connectivity index (χ2v) is 6.23. The molecule has 0 aromatic rings. The van der Waals surface area contributed by atoms with Gasteiger partial charge in [0.2, 0.25) is 5.78 Å². The highest BCUT2D eigenvalue weighted by atomic mass is 16.1. The third-order valence-corrected chi connectivity index (χ3v) is 4.07. The Morgan fingerprint density at radius 3 is 2.18 bits per heavy atom. The molecule has 2 N–H and O–H groups in total. The Hall–Kier alpha value is -1.90. The van der Waals surface area contributed by atoms with Crippen molar-refractivity contribution in [3.05, 3.63) is 45.7 Å². The predicted molar refractivity (Wildman–Crippen MR) is 91.3 cm³/mol. The number of nitrogens with two attached hydrogens (primary N) is 1. The van der Waals surface area contributed by atoms with Crippen LogP contribution < -0.4 is 5.73 Å². The molecular weight excluding hydrogens is 274 g/mol. The van der Waals surface area contributed by atoms with Gasteiger partial charge in [0.25, 0.3) is 0 Å². The standard InChI is InChI=1S/C19H27NO2/c1-12(2)8-6-7-9-13(3)10-11-16-17(20)19(22)15(5)14(4)18(16)21/h8,10H,6-7,9,11,20H2,1-5H3/b13-10+. The molecular formula is C19H27NO2. The van der Waals surface area contributed by atoms with Crippen molar-refractivity contribution in [2.75, 3.05) is 0 Å². The summed E-state index contributed by atoms with van der Waals surface area (Å²) in [5.41, 5.74) is 9.95. The third-order valence-electron chi connectivity index (χ3n) is 4.07. The molecule has 3 heteroatoms. The van der Waals surface area contributed by atoms with E-state index in [-0.39, 0.29) is 17.3 Å². The van der Waals surface area contributed by atoms with Gasteiger partial charge in [-0.25, -0.2) is 0 Å². The second kappa shape index (κ2) is 7.92. The molecule has 22 heavy (non-hydrogen) atoms. The van der Waals surface area contributed by atoms with Crippen molar-refractivity contribution in [1.29, 1.82) is 0 Å². The van der Waals surface area contributed by atoms with Crippen LogP contribution in [0.1, 0.15) is 60.3 Å². The summed E-state index contributed by atoms with van der Waals surface area (Å²) < 4.78 is 0. The predicted octanol–water partition coefficient (Wildman–Crippen LogP) is 4.16. The van der Waals surface area contributed by atoms with E-state index >= 15 is 0 Å². The normalized spacial score (nSPS) is 16.5. The van der Waals surface area contributed by atoms with Crippen LogP contribution in [0.15, 0.2) is 45.7 Å². The van der Waals surface area contributed by atoms with Gasteiger partial charge < -0.3 is 5.73 Å². The molecule has 0 radical (unpaired) electrons. The van der Waals surface area contributed by atoms with Crippen LogP contribution in [0, 0.1) is 0 Å². The molecule has 3 nitrogen and oxygen atoms in total. The van der Waals surface area contributed by atoms with E-state index in [1.807, 2.05) is 6.08 Å². The number of rotatable bonds is 6. The zero-order chi connectivity index (χ0) is 16.9. The summed E-state index contributed by atoms with van der Waals surface area (Å²) in [4.78, 5) is 24.2. The molecule has 0 aromatic heterocycles. The molecule has 0 saturated carbocycles. The number of ketones is 2. The zero-order valence-corrected chi connectivity index (χ0v) is 14.4. The van der Waals surface area contributed by atoms with Crippen molar-refractivity contribution in [2.45, 2.75) is 60.3 Å². The number of hydrogen-bond donors (Lipinski definition) is 1. The molecule has 0 spiro atoms. The average Bonchev–Trinajstić information content (AvgIpc) is 2.47. The molecule has 1 rings (SSSR count). The number of allylic oxidation sites excluding steroid dienone is 7. The van der Waals surface area contributed by atoms with Crippen LogP contribution in [-0.4, -0.2) is 11.6 Å². The summed E-state index contributed by atoms with van der Waals surface area (Å²) >= 11 is 0. The van der Waals surface area contributed by atoms with Gasteiger partial charge in [-0.05, 0) is 60.3 Å². The molecule has 0 unspecified atom stereocenters. The Balaban J connectivity index is 2.70. The van der Waals surface area contributed by atoms with Crippen LogP contribution in [0.3, 0.4) is 0 Å². The summed E-state index contributed by atoms with van der Waals surface area (Å²) in [6, 6.07) is 0. The van der Waals surface area contributed by atoms with Gasteiger partial charge in [-0.3, -0.25) is 9.59 Å². The van der Waals surface area contributed by atoms with Crippen LogP contribution in [0.5, 0.6) is 0 Å². The van der Waals surface area contributed by atoms with Crippen LogP contribution >= 0.6 is 0 Å². The van der Waals surface area contributed by atoms with Crippen LogP contribution in [0.4, 0.5) is 0 Å². The lowest BCUT2D eigenvalue weighted by atomic mass is 9.87. The highest BCUT2D eigenvalue weighted by Gasteiger charge is 2.27. The van der Waals surface area contributed by atoms with Gasteiger partial charge in [-0.1, -0.05) is 23.3 Å². The summed E-state index contributed by atoms with van der Waals surface area (Å²) in [5, 5.41) is 0. The number of Topliss-reactive ketones (excluding diaryl/α,β-unsaturated/α-hetero) is 2. The minimum absolute atomic E-state index is 0.0943. The molecule has 0 amide bonds. The minimum Gasteiger partial charge on any atom is -0.395 e. The lowest BCUT2D eigenvalue weighted by molar-refractivity contribution is -0.116. The molecule has 1 aliphatic carbocycles. The number of carbonyl (C=O) groups excluding carboxylic acids is 2. The Bertz CT molecular complexity index is 597. The van der Waals surface area contributed by atoms with Crippen molar-refractivity contribution >= 4 is 11.6 Å². The summed E-state index contributed by atoms with van der Waals surface area (Å²) in [6.45, 7) is 9.60. The van der Waals surface area contributed by atoms with E-state index < -0.39 is 0 Å². The van der Waals surface area contributed by atoms with Crippen molar-refractivity contribution in [1.82, 2.24) is 0 Å². The van der Waals surface area contributed by atoms with Gasteiger partial charge in [0.05, 0.1) is 5.70 Å². The summed E-state index contributed by atoms with van der Waals surface area (Å²) in [6.07, 6.45) is 7.84. The molecule has 0 fully saturated rings. The number of carbonyl (C=O) groups is 2. The molecule has 0 aromatic carbocycles. The summed E-state index contributed by atoms with van der Waals surface area (Å²) in [7, 11) is 0. The first kappa shape index (κ1) is 18.1. The fourth-order valence-corrected chi connectivity index (χ4v) is 2.38. The van der Waals surface area contributed by atoms with Gasteiger partial charge in [-0.15, -0.1) is 0 Å². The van der Waals surface area contributed by atoms with E-state index in [1.54, 1.807) is 13.8 Å². The lowest BCUT2D eigenvalue weighted by Gasteiger charge is -2.17. The Kier molecular flexibility index (Phi) is 6.54. The molecule has 0 saturated heterocycles. The van der Waals surface area contributed by atoms with E-state index in [0.29, 0.717) is 23.1 Å².